The predicted molar refractivity (Wildman–Crippen MR) is 90.2 cm³/mol. The molecular weight excluding hydrogens is 260 g/mol. The lowest BCUT2D eigenvalue weighted by Crippen LogP contribution is -2.34. The van der Waals surface area contributed by atoms with E-state index in [0.717, 1.165) is 37.9 Å². The van der Waals surface area contributed by atoms with Crippen molar-refractivity contribution < 1.29 is 4.74 Å². The van der Waals surface area contributed by atoms with E-state index >= 15 is 0 Å². The van der Waals surface area contributed by atoms with Crippen molar-refractivity contribution in [2.24, 2.45) is 5.92 Å². The minimum absolute atomic E-state index is 0.503. The Morgan fingerprint density at radius 3 is 2.86 bits per heavy atom. The standard InChI is InChI=1S/C18H30N2O/c1-5-21-18-11-16(12-19-14(2)3)8-9-17(18)20-10-6-7-15(4)13-20/h8-9,11,14-15,19H,5-7,10,12-13H2,1-4H3. The highest BCUT2D eigenvalue weighted by Crippen LogP contribution is 2.32. The summed E-state index contributed by atoms with van der Waals surface area (Å²) in [7, 11) is 0. The average Bonchev–Trinajstić information content (AvgIpc) is 2.45. The van der Waals surface area contributed by atoms with E-state index in [1.807, 2.05) is 0 Å². The first-order valence-electron chi connectivity index (χ1n) is 8.34. The summed E-state index contributed by atoms with van der Waals surface area (Å²) in [6, 6.07) is 7.17. The maximum Gasteiger partial charge on any atom is 0.142 e. The van der Waals surface area contributed by atoms with Crippen molar-refractivity contribution in [3.05, 3.63) is 23.8 Å². The Bertz CT molecular complexity index is 445. The van der Waals surface area contributed by atoms with Crippen LogP contribution in [0.15, 0.2) is 18.2 Å². The minimum atomic E-state index is 0.503. The molecule has 1 unspecified atom stereocenters. The highest BCUT2D eigenvalue weighted by atomic mass is 16.5. The van der Waals surface area contributed by atoms with Gasteiger partial charge in [0.1, 0.15) is 5.75 Å². The summed E-state index contributed by atoms with van der Waals surface area (Å²) in [5.74, 6) is 1.81. The van der Waals surface area contributed by atoms with E-state index in [9.17, 15) is 0 Å². The zero-order valence-electron chi connectivity index (χ0n) is 14.0. The van der Waals surface area contributed by atoms with Crippen LogP contribution in [0.2, 0.25) is 0 Å². The Balaban J connectivity index is 2.15. The summed E-state index contributed by atoms with van der Waals surface area (Å²) >= 11 is 0. The zero-order valence-corrected chi connectivity index (χ0v) is 14.0. The van der Waals surface area contributed by atoms with Gasteiger partial charge in [-0.25, -0.2) is 0 Å². The molecule has 21 heavy (non-hydrogen) atoms. The fourth-order valence-electron chi connectivity index (χ4n) is 2.93. The first-order chi connectivity index (χ1) is 10.1. The summed E-state index contributed by atoms with van der Waals surface area (Å²) in [6.07, 6.45) is 2.63. The van der Waals surface area contributed by atoms with Gasteiger partial charge in [0, 0.05) is 25.7 Å². The highest BCUT2D eigenvalue weighted by Gasteiger charge is 2.19. The molecule has 1 saturated heterocycles. The van der Waals surface area contributed by atoms with Crippen LogP contribution >= 0.6 is 0 Å². The van der Waals surface area contributed by atoms with Crippen molar-refractivity contribution in [1.82, 2.24) is 5.32 Å². The third kappa shape index (κ3) is 4.63. The first-order valence-corrected chi connectivity index (χ1v) is 8.34. The van der Waals surface area contributed by atoms with E-state index in [0.29, 0.717) is 6.04 Å². The topological polar surface area (TPSA) is 24.5 Å². The van der Waals surface area contributed by atoms with E-state index < -0.39 is 0 Å². The molecule has 0 amide bonds. The minimum Gasteiger partial charge on any atom is -0.492 e. The molecule has 0 radical (unpaired) electrons. The van der Waals surface area contributed by atoms with Gasteiger partial charge in [-0.3, -0.25) is 0 Å². The highest BCUT2D eigenvalue weighted by molar-refractivity contribution is 5.60. The van der Waals surface area contributed by atoms with Crippen LogP contribution in [-0.2, 0) is 6.54 Å². The average molecular weight is 290 g/mol. The van der Waals surface area contributed by atoms with Gasteiger partial charge in [0.05, 0.1) is 12.3 Å². The number of hydrogen-bond donors (Lipinski definition) is 1. The number of nitrogens with one attached hydrogen (secondary N) is 1. The fraction of sp³-hybridized carbons (Fsp3) is 0.667. The van der Waals surface area contributed by atoms with Crippen LogP contribution in [0.5, 0.6) is 5.75 Å². The van der Waals surface area contributed by atoms with Gasteiger partial charge in [0.15, 0.2) is 0 Å². The summed E-state index contributed by atoms with van der Waals surface area (Å²) in [5, 5.41) is 3.47. The molecule has 1 aromatic rings. The van der Waals surface area contributed by atoms with Crippen LogP contribution < -0.4 is 15.0 Å². The molecule has 1 fully saturated rings. The van der Waals surface area contributed by atoms with Crippen molar-refractivity contribution in [3.63, 3.8) is 0 Å². The molecule has 1 heterocycles. The van der Waals surface area contributed by atoms with Crippen LogP contribution in [0.4, 0.5) is 5.69 Å². The number of benzene rings is 1. The van der Waals surface area contributed by atoms with Crippen LogP contribution in [0.25, 0.3) is 0 Å². The molecule has 0 bridgehead atoms. The zero-order chi connectivity index (χ0) is 15.2. The number of ether oxygens (including phenoxy) is 1. The maximum absolute atomic E-state index is 5.90. The summed E-state index contributed by atoms with van der Waals surface area (Å²) in [6.45, 7) is 12.7. The van der Waals surface area contributed by atoms with Crippen LogP contribution in [0, 0.1) is 5.92 Å². The van der Waals surface area contributed by atoms with Crippen molar-refractivity contribution in [2.45, 2.75) is 53.1 Å². The SMILES string of the molecule is CCOc1cc(CNC(C)C)ccc1N1CCCC(C)C1. The quantitative estimate of drug-likeness (QED) is 0.862. The molecule has 1 atom stereocenters. The lowest BCUT2D eigenvalue weighted by atomic mass is 9.99. The monoisotopic (exact) mass is 290 g/mol. The Morgan fingerprint density at radius 2 is 2.19 bits per heavy atom. The molecule has 0 spiro atoms. The first kappa shape index (κ1) is 16.2. The van der Waals surface area contributed by atoms with E-state index in [4.69, 9.17) is 4.74 Å². The molecule has 118 valence electrons. The van der Waals surface area contributed by atoms with E-state index in [-0.39, 0.29) is 0 Å². The third-order valence-corrected chi connectivity index (χ3v) is 4.04. The van der Waals surface area contributed by atoms with E-state index in [2.05, 4.69) is 56.1 Å². The molecule has 3 nitrogen and oxygen atoms in total. The summed E-state index contributed by atoms with van der Waals surface area (Å²) in [5.41, 5.74) is 2.55. The molecular formula is C18H30N2O. The van der Waals surface area contributed by atoms with Crippen molar-refractivity contribution in [2.75, 3.05) is 24.6 Å². The second-order valence-corrected chi connectivity index (χ2v) is 6.46. The van der Waals surface area contributed by atoms with Crippen LogP contribution in [0.1, 0.15) is 46.1 Å². The van der Waals surface area contributed by atoms with Gasteiger partial charge in [0.25, 0.3) is 0 Å². The second kappa shape index (κ2) is 7.69. The molecule has 0 aromatic heterocycles. The van der Waals surface area contributed by atoms with E-state index in [1.165, 1.54) is 24.1 Å². The lowest BCUT2D eigenvalue weighted by Gasteiger charge is -2.34. The largest absolute Gasteiger partial charge is 0.492 e. The van der Waals surface area contributed by atoms with Crippen molar-refractivity contribution in [1.29, 1.82) is 0 Å². The van der Waals surface area contributed by atoms with Gasteiger partial charge in [-0.05, 0) is 43.4 Å². The summed E-state index contributed by atoms with van der Waals surface area (Å²) < 4.78 is 5.90. The van der Waals surface area contributed by atoms with E-state index in [1.54, 1.807) is 0 Å². The molecule has 1 aliphatic heterocycles. The fourth-order valence-corrected chi connectivity index (χ4v) is 2.93. The summed E-state index contributed by atoms with van der Waals surface area (Å²) in [4.78, 5) is 2.48. The number of anilines is 1. The van der Waals surface area contributed by atoms with Gasteiger partial charge in [0.2, 0.25) is 0 Å². The predicted octanol–water partition coefficient (Wildman–Crippen LogP) is 3.82. The van der Waals surface area contributed by atoms with Crippen molar-refractivity contribution >= 4 is 5.69 Å². The van der Waals surface area contributed by atoms with Crippen LogP contribution in [0.3, 0.4) is 0 Å². The lowest BCUT2D eigenvalue weighted by molar-refractivity contribution is 0.337. The van der Waals surface area contributed by atoms with Gasteiger partial charge >= 0.3 is 0 Å². The smallest absolute Gasteiger partial charge is 0.142 e. The Kier molecular flexibility index (Phi) is 5.92. The molecule has 1 aromatic carbocycles. The maximum atomic E-state index is 5.90. The van der Waals surface area contributed by atoms with Crippen molar-refractivity contribution in [3.8, 4) is 5.75 Å². The number of rotatable bonds is 6. The van der Waals surface area contributed by atoms with Crippen LogP contribution in [-0.4, -0.2) is 25.7 Å². The van der Waals surface area contributed by atoms with Gasteiger partial charge in [-0.1, -0.05) is 26.8 Å². The second-order valence-electron chi connectivity index (χ2n) is 6.46. The Labute approximate surface area is 129 Å². The Morgan fingerprint density at radius 1 is 1.38 bits per heavy atom. The molecule has 3 heteroatoms. The number of piperidine rings is 1. The number of hydrogen-bond acceptors (Lipinski definition) is 3. The van der Waals surface area contributed by atoms with Gasteiger partial charge in [-0.2, -0.15) is 0 Å². The van der Waals surface area contributed by atoms with Gasteiger partial charge in [-0.15, -0.1) is 0 Å². The molecule has 1 N–H and O–H groups in total. The van der Waals surface area contributed by atoms with Gasteiger partial charge < -0.3 is 15.0 Å². The Hall–Kier alpha value is -1.22. The molecule has 2 rings (SSSR count). The molecule has 0 saturated carbocycles. The molecule has 0 aliphatic carbocycles. The normalized spacial score (nSPS) is 19.1. The molecule has 1 aliphatic rings. The third-order valence-electron chi connectivity index (χ3n) is 4.04. The number of nitrogens with zero attached hydrogens (tertiary/aromatic N) is 1.